The van der Waals surface area contributed by atoms with Crippen molar-refractivity contribution in [2.24, 2.45) is 0 Å². The molecule has 4 rings (SSSR count). The van der Waals surface area contributed by atoms with Crippen LogP contribution in [0.1, 0.15) is 36.8 Å². The maximum atomic E-state index is 6.54. The summed E-state index contributed by atoms with van der Waals surface area (Å²) in [4.78, 5) is 11.2. The number of hydrogen-bond acceptors (Lipinski definition) is 5. The largest absolute Gasteiger partial charge is 0.393 e. The Balaban J connectivity index is 1.63. The Bertz CT molecular complexity index is 835. The molecule has 2 aromatic carbocycles. The van der Waals surface area contributed by atoms with Gasteiger partial charge in [-0.25, -0.2) is 9.97 Å². The minimum Gasteiger partial charge on any atom is -0.393 e. The van der Waals surface area contributed by atoms with Gasteiger partial charge in [-0.15, -0.1) is 0 Å². The number of nitrogen functional groups attached to an aromatic ring is 1. The standard InChI is InChI=1S/C23H27N5/c24-21-22(27-20-13-7-8-14-20)25-17-26-23(21)28(15-18-9-3-1-4-10-18)16-19-11-5-2-6-12-19/h1-6,9-12,17,20H,7-8,13-16,24H2,(H,25,26,27). The van der Waals surface area contributed by atoms with E-state index in [1.165, 1.54) is 36.8 Å². The Labute approximate surface area is 166 Å². The van der Waals surface area contributed by atoms with E-state index in [1.54, 1.807) is 6.33 Å². The predicted molar refractivity (Wildman–Crippen MR) is 115 cm³/mol. The predicted octanol–water partition coefficient (Wildman–Crippen LogP) is 4.62. The molecule has 28 heavy (non-hydrogen) atoms. The highest BCUT2D eigenvalue weighted by atomic mass is 15.2. The maximum Gasteiger partial charge on any atom is 0.158 e. The van der Waals surface area contributed by atoms with Gasteiger partial charge in [0.15, 0.2) is 11.6 Å². The second-order valence-corrected chi connectivity index (χ2v) is 7.41. The summed E-state index contributed by atoms with van der Waals surface area (Å²) in [5.74, 6) is 1.53. The Kier molecular flexibility index (Phi) is 5.71. The van der Waals surface area contributed by atoms with E-state index in [-0.39, 0.29) is 0 Å². The number of rotatable bonds is 7. The van der Waals surface area contributed by atoms with E-state index < -0.39 is 0 Å². The van der Waals surface area contributed by atoms with Crippen molar-refractivity contribution in [3.05, 3.63) is 78.1 Å². The molecule has 0 bridgehead atoms. The number of aromatic nitrogens is 2. The number of nitrogens with zero attached hydrogens (tertiary/aromatic N) is 3. The maximum absolute atomic E-state index is 6.54. The fraction of sp³-hybridized carbons (Fsp3) is 0.304. The zero-order valence-corrected chi connectivity index (χ0v) is 16.1. The lowest BCUT2D eigenvalue weighted by Crippen LogP contribution is -2.25. The van der Waals surface area contributed by atoms with Crippen LogP contribution in [0, 0.1) is 0 Å². The third kappa shape index (κ3) is 4.42. The molecule has 0 saturated heterocycles. The summed E-state index contributed by atoms with van der Waals surface area (Å²) in [5, 5.41) is 3.53. The zero-order chi connectivity index (χ0) is 19.2. The van der Waals surface area contributed by atoms with Gasteiger partial charge in [-0.1, -0.05) is 73.5 Å². The lowest BCUT2D eigenvalue weighted by Gasteiger charge is -2.26. The highest BCUT2D eigenvalue weighted by molar-refractivity contribution is 5.75. The van der Waals surface area contributed by atoms with Crippen molar-refractivity contribution in [1.82, 2.24) is 9.97 Å². The van der Waals surface area contributed by atoms with Crippen molar-refractivity contribution in [1.29, 1.82) is 0 Å². The van der Waals surface area contributed by atoms with Crippen molar-refractivity contribution in [2.75, 3.05) is 16.0 Å². The third-order valence-corrected chi connectivity index (χ3v) is 5.29. The van der Waals surface area contributed by atoms with Crippen LogP contribution in [0.15, 0.2) is 67.0 Å². The van der Waals surface area contributed by atoms with Crippen LogP contribution in [-0.4, -0.2) is 16.0 Å². The van der Waals surface area contributed by atoms with Crippen LogP contribution in [0.3, 0.4) is 0 Å². The molecule has 0 spiro atoms. The molecule has 144 valence electrons. The number of anilines is 3. The van der Waals surface area contributed by atoms with Gasteiger partial charge < -0.3 is 16.0 Å². The minimum atomic E-state index is 0.460. The normalized spacial score (nSPS) is 14.1. The molecule has 3 N–H and O–H groups in total. The third-order valence-electron chi connectivity index (χ3n) is 5.29. The summed E-state index contributed by atoms with van der Waals surface area (Å²) >= 11 is 0. The van der Waals surface area contributed by atoms with Gasteiger partial charge in [-0.3, -0.25) is 0 Å². The molecule has 1 fully saturated rings. The van der Waals surface area contributed by atoms with Gasteiger partial charge >= 0.3 is 0 Å². The summed E-state index contributed by atoms with van der Waals surface area (Å²) in [6.07, 6.45) is 6.51. The van der Waals surface area contributed by atoms with Gasteiger partial charge in [0.25, 0.3) is 0 Å². The Morgan fingerprint density at radius 2 is 1.43 bits per heavy atom. The SMILES string of the molecule is Nc1c(NC2CCCC2)ncnc1N(Cc1ccccc1)Cc1ccccc1. The van der Waals surface area contributed by atoms with Crippen LogP contribution in [-0.2, 0) is 13.1 Å². The van der Waals surface area contributed by atoms with Gasteiger partial charge in [-0.05, 0) is 24.0 Å². The smallest absolute Gasteiger partial charge is 0.158 e. The van der Waals surface area contributed by atoms with Gasteiger partial charge in [-0.2, -0.15) is 0 Å². The monoisotopic (exact) mass is 373 g/mol. The van der Waals surface area contributed by atoms with Crippen molar-refractivity contribution in [3.63, 3.8) is 0 Å². The Morgan fingerprint density at radius 3 is 2.00 bits per heavy atom. The lowest BCUT2D eigenvalue weighted by atomic mass is 10.1. The fourth-order valence-corrected chi connectivity index (χ4v) is 3.83. The lowest BCUT2D eigenvalue weighted by molar-refractivity contribution is 0.747. The van der Waals surface area contributed by atoms with Gasteiger partial charge in [0.05, 0.1) is 0 Å². The van der Waals surface area contributed by atoms with Crippen molar-refractivity contribution >= 4 is 17.3 Å². The highest BCUT2D eigenvalue weighted by Gasteiger charge is 2.20. The average Bonchev–Trinajstić information content (AvgIpc) is 3.24. The summed E-state index contributed by atoms with van der Waals surface area (Å²) < 4.78 is 0. The molecular weight excluding hydrogens is 346 g/mol. The van der Waals surface area contributed by atoms with Crippen LogP contribution in [0.25, 0.3) is 0 Å². The number of benzene rings is 2. The Morgan fingerprint density at radius 1 is 0.857 bits per heavy atom. The van der Waals surface area contributed by atoms with Crippen molar-refractivity contribution in [2.45, 2.75) is 44.8 Å². The molecule has 1 aromatic heterocycles. The molecule has 0 unspecified atom stereocenters. The van der Waals surface area contributed by atoms with E-state index in [2.05, 4.69) is 68.7 Å². The summed E-state index contributed by atoms with van der Waals surface area (Å²) in [6.45, 7) is 1.47. The first-order valence-electron chi connectivity index (χ1n) is 9.99. The van der Waals surface area contributed by atoms with Crippen LogP contribution in [0.4, 0.5) is 17.3 Å². The van der Waals surface area contributed by atoms with E-state index in [4.69, 9.17) is 5.73 Å². The molecule has 3 aromatic rings. The molecule has 1 aliphatic carbocycles. The fourth-order valence-electron chi connectivity index (χ4n) is 3.83. The van der Waals surface area contributed by atoms with Gasteiger partial charge in [0.2, 0.25) is 0 Å². The molecule has 1 heterocycles. The van der Waals surface area contributed by atoms with Crippen LogP contribution in [0.5, 0.6) is 0 Å². The Hall–Kier alpha value is -3.08. The van der Waals surface area contributed by atoms with Gasteiger partial charge in [0.1, 0.15) is 12.0 Å². The molecule has 5 heteroatoms. The molecule has 1 aliphatic rings. The first-order chi connectivity index (χ1) is 13.8. The number of hydrogen-bond donors (Lipinski definition) is 2. The molecule has 1 saturated carbocycles. The van der Waals surface area contributed by atoms with Crippen LogP contribution in [0.2, 0.25) is 0 Å². The van der Waals surface area contributed by atoms with Crippen molar-refractivity contribution in [3.8, 4) is 0 Å². The van der Waals surface area contributed by atoms with Crippen LogP contribution >= 0.6 is 0 Å². The van der Waals surface area contributed by atoms with Crippen LogP contribution < -0.4 is 16.0 Å². The topological polar surface area (TPSA) is 67.1 Å². The van der Waals surface area contributed by atoms with E-state index in [9.17, 15) is 0 Å². The summed E-state index contributed by atoms with van der Waals surface area (Å²) in [5.41, 5.74) is 9.61. The first kappa shape index (κ1) is 18.3. The van der Waals surface area contributed by atoms with E-state index in [0.29, 0.717) is 11.7 Å². The summed E-state index contributed by atoms with van der Waals surface area (Å²) in [6, 6.07) is 21.3. The number of nitrogens with one attached hydrogen (secondary N) is 1. The molecular formula is C23H27N5. The molecule has 0 aliphatic heterocycles. The average molecular weight is 374 g/mol. The number of nitrogens with two attached hydrogens (primary N) is 1. The van der Waals surface area contributed by atoms with E-state index in [1.807, 2.05) is 12.1 Å². The zero-order valence-electron chi connectivity index (χ0n) is 16.1. The quantitative estimate of drug-likeness (QED) is 0.632. The van der Waals surface area contributed by atoms with E-state index >= 15 is 0 Å². The highest BCUT2D eigenvalue weighted by Crippen LogP contribution is 2.31. The van der Waals surface area contributed by atoms with Gasteiger partial charge in [0, 0.05) is 19.1 Å². The molecule has 5 nitrogen and oxygen atoms in total. The van der Waals surface area contributed by atoms with Crippen molar-refractivity contribution < 1.29 is 0 Å². The van der Waals surface area contributed by atoms with E-state index in [0.717, 1.165) is 24.7 Å². The second kappa shape index (κ2) is 8.74. The molecule has 0 atom stereocenters. The molecule has 0 amide bonds. The minimum absolute atomic E-state index is 0.460. The second-order valence-electron chi connectivity index (χ2n) is 7.41. The summed E-state index contributed by atoms with van der Waals surface area (Å²) in [7, 11) is 0. The first-order valence-corrected chi connectivity index (χ1v) is 9.99. The molecule has 0 radical (unpaired) electrons.